The van der Waals surface area contributed by atoms with Gasteiger partial charge in [-0.25, -0.2) is 13.8 Å². The maximum Gasteiger partial charge on any atom is 0.272 e. The number of allylic oxidation sites excluding steroid dienone is 1. The second-order valence-corrected chi connectivity index (χ2v) is 8.75. The van der Waals surface area contributed by atoms with E-state index in [-0.39, 0.29) is 23.5 Å². The van der Waals surface area contributed by atoms with Gasteiger partial charge < -0.3 is 5.32 Å². The lowest BCUT2D eigenvalue weighted by Crippen LogP contribution is -2.23. The number of thioether (sulfide) groups is 1. The molecule has 0 saturated carbocycles. The molecule has 0 atom stereocenters. The molecule has 162 valence electrons. The van der Waals surface area contributed by atoms with Crippen molar-refractivity contribution in [2.24, 2.45) is 0 Å². The van der Waals surface area contributed by atoms with Crippen molar-refractivity contribution in [3.05, 3.63) is 89.2 Å². The highest BCUT2D eigenvalue weighted by atomic mass is 32.2. The van der Waals surface area contributed by atoms with Crippen molar-refractivity contribution in [3.8, 4) is 10.4 Å². The normalized spacial score (nSPS) is 10.9. The number of nitrogens with one attached hydrogen (secondary N) is 1. The summed E-state index contributed by atoms with van der Waals surface area (Å²) < 4.78 is 28.8. The Hall–Kier alpha value is -3.30. The summed E-state index contributed by atoms with van der Waals surface area (Å²) in [7, 11) is 0. The molecule has 0 aliphatic heterocycles. The van der Waals surface area contributed by atoms with Gasteiger partial charge >= 0.3 is 0 Å². The minimum Gasteiger partial charge on any atom is -0.323 e. The molecule has 0 unspecified atom stereocenters. The summed E-state index contributed by atoms with van der Waals surface area (Å²) in [5.74, 6) is -2.21. The van der Waals surface area contributed by atoms with Crippen LogP contribution in [-0.2, 0) is 11.3 Å². The molecular weight excluding hydrogens is 452 g/mol. The third-order valence-electron chi connectivity index (χ3n) is 4.51. The number of nitrogens with zero attached hydrogens (tertiary/aromatic N) is 2. The van der Waals surface area contributed by atoms with Crippen LogP contribution in [-0.4, -0.2) is 21.2 Å². The standard InChI is InChI=1S/C23H17F2N3O2S2/c1-2-10-28-22(30)21-18(12-19(32-21)14-6-4-3-5-7-14)27-23(28)31-13-20(29)26-17-9-8-15(24)11-16(17)25/h2-9,11-12H,1,10,13H2,(H,26,29). The summed E-state index contributed by atoms with van der Waals surface area (Å²) in [4.78, 5) is 30.9. The third-order valence-corrected chi connectivity index (χ3v) is 6.64. The van der Waals surface area contributed by atoms with E-state index < -0.39 is 17.5 Å². The smallest absolute Gasteiger partial charge is 0.272 e. The van der Waals surface area contributed by atoms with Gasteiger partial charge in [-0.3, -0.25) is 14.2 Å². The number of benzene rings is 2. The van der Waals surface area contributed by atoms with Crippen LogP contribution in [0.4, 0.5) is 14.5 Å². The van der Waals surface area contributed by atoms with Crippen LogP contribution >= 0.6 is 23.1 Å². The number of fused-ring (bicyclic) bond motifs is 1. The minimum atomic E-state index is -0.863. The first-order valence-electron chi connectivity index (χ1n) is 9.54. The molecule has 32 heavy (non-hydrogen) atoms. The number of carbonyl (C=O) groups excluding carboxylic acids is 1. The van der Waals surface area contributed by atoms with Gasteiger partial charge in [0.1, 0.15) is 16.3 Å². The van der Waals surface area contributed by atoms with E-state index in [1.807, 2.05) is 36.4 Å². The van der Waals surface area contributed by atoms with Crippen LogP contribution in [0.15, 0.2) is 77.2 Å². The number of rotatable bonds is 7. The molecule has 2 aromatic heterocycles. The first-order valence-corrected chi connectivity index (χ1v) is 11.3. The van der Waals surface area contributed by atoms with Crippen molar-refractivity contribution < 1.29 is 13.6 Å². The average Bonchev–Trinajstić information content (AvgIpc) is 3.22. The highest BCUT2D eigenvalue weighted by molar-refractivity contribution is 7.99. The lowest BCUT2D eigenvalue weighted by atomic mass is 10.2. The molecular formula is C23H17F2N3O2S2. The molecule has 0 bridgehead atoms. The zero-order valence-corrected chi connectivity index (χ0v) is 18.3. The van der Waals surface area contributed by atoms with Crippen LogP contribution in [0.5, 0.6) is 0 Å². The third kappa shape index (κ3) is 4.63. The highest BCUT2D eigenvalue weighted by Gasteiger charge is 2.16. The Morgan fingerprint density at radius 2 is 1.97 bits per heavy atom. The van der Waals surface area contributed by atoms with Crippen molar-refractivity contribution in [3.63, 3.8) is 0 Å². The number of halogens is 2. The number of thiophene rings is 1. The topological polar surface area (TPSA) is 64.0 Å². The number of amides is 1. The van der Waals surface area contributed by atoms with Gasteiger partial charge in [-0.05, 0) is 23.8 Å². The molecule has 4 rings (SSSR count). The van der Waals surface area contributed by atoms with Gasteiger partial charge in [0.05, 0.1) is 17.0 Å². The average molecular weight is 470 g/mol. The Kier molecular flexibility index (Phi) is 6.48. The molecule has 1 amide bonds. The number of carbonyl (C=O) groups is 1. The summed E-state index contributed by atoms with van der Waals surface area (Å²) in [5, 5.41) is 2.76. The van der Waals surface area contributed by atoms with Crippen molar-refractivity contribution in [1.82, 2.24) is 9.55 Å². The van der Waals surface area contributed by atoms with Gasteiger partial charge in [0.2, 0.25) is 5.91 Å². The van der Waals surface area contributed by atoms with Crippen molar-refractivity contribution in [2.45, 2.75) is 11.7 Å². The Balaban J connectivity index is 1.60. The summed E-state index contributed by atoms with van der Waals surface area (Å²) in [5.41, 5.74) is 1.20. The summed E-state index contributed by atoms with van der Waals surface area (Å²) in [6.45, 7) is 3.93. The largest absolute Gasteiger partial charge is 0.323 e. The van der Waals surface area contributed by atoms with Crippen LogP contribution in [0.25, 0.3) is 20.7 Å². The molecule has 0 spiro atoms. The van der Waals surface area contributed by atoms with Crippen molar-refractivity contribution in [1.29, 1.82) is 0 Å². The summed E-state index contributed by atoms with van der Waals surface area (Å²) >= 11 is 2.42. The fourth-order valence-corrected chi connectivity index (χ4v) is 4.90. The van der Waals surface area contributed by atoms with Crippen molar-refractivity contribution >= 4 is 44.9 Å². The Morgan fingerprint density at radius 3 is 2.69 bits per heavy atom. The van der Waals surface area contributed by atoms with E-state index in [1.54, 1.807) is 6.08 Å². The zero-order chi connectivity index (χ0) is 22.7. The van der Waals surface area contributed by atoms with Crippen LogP contribution in [0.1, 0.15) is 0 Å². The predicted molar refractivity (Wildman–Crippen MR) is 125 cm³/mol. The molecule has 0 fully saturated rings. The SMILES string of the molecule is C=CCn1c(SCC(=O)Nc2ccc(F)cc2F)nc2cc(-c3ccccc3)sc2c1=O. The molecule has 2 heterocycles. The summed E-state index contributed by atoms with van der Waals surface area (Å²) in [6, 6.07) is 14.5. The molecule has 0 radical (unpaired) electrons. The first kappa shape index (κ1) is 21.9. The van der Waals surface area contributed by atoms with E-state index in [2.05, 4.69) is 16.9 Å². The molecule has 2 aromatic carbocycles. The van der Waals surface area contributed by atoms with Gasteiger partial charge in [0.25, 0.3) is 5.56 Å². The molecule has 0 saturated heterocycles. The summed E-state index contributed by atoms with van der Waals surface area (Å²) in [6.07, 6.45) is 1.58. The molecule has 1 N–H and O–H groups in total. The lowest BCUT2D eigenvalue weighted by Gasteiger charge is -2.10. The monoisotopic (exact) mass is 469 g/mol. The Bertz CT molecular complexity index is 1370. The maximum absolute atomic E-state index is 13.8. The van der Waals surface area contributed by atoms with E-state index in [1.165, 1.54) is 15.9 Å². The van der Waals surface area contributed by atoms with Gasteiger partial charge in [0, 0.05) is 17.5 Å². The van der Waals surface area contributed by atoms with Gasteiger partial charge in [-0.2, -0.15) is 0 Å². The van der Waals surface area contributed by atoms with Crippen molar-refractivity contribution in [2.75, 3.05) is 11.1 Å². The van der Waals surface area contributed by atoms with Crippen LogP contribution < -0.4 is 10.9 Å². The second-order valence-electron chi connectivity index (χ2n) is 6.75. The molecule has 0 aliphatic rings. The van der Waals surface area contributed by atoms with Crippen LogP contribution in [0.3, 0.4) is 0 Å². The highest BCUT2D eigenvalue weighted by Crippen LogP contribution is 2.32. The molecule has 9 heteroatoms. The number of anilines is 1. The van der Waals surface area contributed by atoms with Crippen LogP contribution in [0.2, 0.25) is 0 Å². The van der Waals surface area contributed by atoms with Gasteiger partial charge in [0.15, 0.2) is 5.16 Å². The van der Waals surface area contributed by atoms with E-state index in [0.29, 0.717) is 21.4 Å². The predicted octanol–water partition coefficient (Wildman–Crippen LogP) is 5.32. The lowest BCUT2D eigenvalue weighted by molar-refractivity contribution is -0.113. The zero-order valence-electron chi connectivity index (χ0n) is 16.7. The number of hydrogen-bond acceptors (Lipinski definition) is 5. The fourth-order valence-electron chi connectivity index (χ4n) is 3.04. The second kappa shape index (κ2) is 9.46. The Labute approximate surface area is 190 Å². The number of hydrogen-bond donors (Lipinski definition) is 1. The minimum absolute atomic E-state index is 0.110. The number of aromatic nitrogens is 2. The fraction of sp³-hybridized carbons (Fsp3) is 0.0870. The first-order chi connectivity index (χ1) is 15.5. The molecule has 4 aromatic rings. The molecule has 5 nitrogen and oxygen atoms in total. The van der Waals surface area contributed by atoms with E-state index in [4.69, 9.17) is 0 Å². The quantitative estimate of drug-likeness (QED) is 0.226. The van der Waals surface area contributed by atoms with Gasteiger partial charge in [-0.15, -0.1) is 17.9 Å². The van der Waals surface area contributed by atoms with E-state index >= 15 is 0 Å². The maximum atomic E-state index is 13.8. The van der Waals surface area contributed by atoms with E-state index in [9.17, 15) is 18.4 Å². The Morgan fingerprint density at radius 1 is 1.19 bits per heavy atom. The van der Waals surface area contributed by atoms with Gasteiger partial charge in [-0.1, -0.05) is 48.2 Å². The molecule has 0 aliphatic carbocycles. The van der Waals surface area contributed by atoms with Crippen LogP contribution in [0, 0.1) is 11.6 Å². The van der Waals surface area contributed by atoms with E-state index in [0.717, 1.165) is 34.3 Å².